The predicted molar refractivity (Wildman–Crippen MR) is 79.4 cm³/mol. The molecule has 3 aromatic rings. The summed E-state index contributed by atoms with van der Waals surface area (Å²) in [6, 6.07) is 8.11. The summed E-state index contributed by atoms with van der Waals surface area (Å²) in [5.41, 5.74) is 2.10. The quantitative estimate of drug-likeness (QED) is 0.757. The number of rotatable bonds is 6. The second-order valence-corrected chi connectivity index (χ2v) is 5.02. The van der Waals surface area contributed by atoms with Crippen molar-refractivity contribution < 1.29 is 13.9 Å². The van der Waals surface area contributed by atoms with E-state index < -0.39 is 0 Å². The smallest absolute Gasteiger partial charge is 0.209 e. The van der Waals surface area contributed by atoms with Crippen LogP contribution in [0.2, 0.25) is 0 Å². The van der Waals surface area contributed by atoms with Crippen molar-refractivity contribution in [1.82, 2.24) is 14.9 Å². The second kappa shape index (κ2) is 6.64. The van der Waals surface area contributed by atoms with Gasteiger partial charge < -0.3 is 9.52 Å². The average Bonchev–Trinajstić information content (AvgIpc) is 2.90. The first-order valence-corrected chi connectivity index (χ1v) is 7.01. The molecule has 5 nitrogen and oxygen atoms in total. The van der Waals surface area contributed by atoms with E-state index in [0.717, 1.165) is 5.56 Å². The van der Waals surface area contributed by atoms with Crippen molar-refractivity contribution in [2.24, 2.45) is 0 Å². The molecule has 22 heavy (non-hydrogen) atoms. The zero-order chi connectivity index (χ0) is 15.4. The van der Waals surface area contributed by atoms with Crippen LogP contribution in [-0.4, -0.2) is 33.1 Å². The summed E-state index contributed by atoms with van der Waals surface area (Å²) >= 11 is 0. The Labute approximate surface area is 127 Å². The van der Waals surface area contributed by atoms with Crippen molar-refractivity contribution in [1.29, 1.82) is 0 Å². The van der Waals surface area contributed by atoms with Gasteiger partial charge in [-0.25, -0.2) is 9.37 Å². The first-order chi connectivity index (χ1) is 10.7. The molecule has 6 heteroatoms. The van der Waals surface area contributed by atoms with E-state index in [2.05, 4.69) is 9.97 Å². The van der Waals surface area contributed by atoms with E-state index in [1.807, 2.05) is 17.0 Å². The molecule has 0 amide bonds. The zero-order valence-corrected chi connectivity index (χ0v) is 11.9. The molecule has 0 bridgehead atoms. The molecule has 2 heterocycles. The first-order valence-electron chi connectivity index (χ1n) is 7.01. The number of aliphatic hydroxyl groups is 1. The van der Waals surface area contributed by atoms with Gasteiger partial charge in [0.05, 0.1) is 13.2 Å². The lowest BCUT2D eigenvalue weighted by atomic mass is 10.2. The molecule has 0 spiro atoms. The maximum atomic E-state index is 13.2. The van der Waals surface area contributed by atoms with Crippen molar-refractivity contribution in [2.45, 2.75) is 13.1 Å². The maximum absolute atomic E-state index is 13.2. The lowest BCUT2D eigenvalue weighted by Gasteiger charge is -2.19. The van der Waals surface area contributed by atoms with E-state index in [4.69, 9.17) is 4.42 Å². The standard InChI is InChI=1S/C16H16FN3O2/c17-13-3-4-14-15(8-13)22-16(19-14)11-20(6-7-21)10-12-2-1-5-18-9-12/h1-5,8-9,21H,6-7,10-11H2. The number of aromatic nitrogens is 2. The van der Waals surface area contributed by atoms with E-state index in [1.165, 1.54) is 12.1 Å². The number of fused-ring (bicyclic) bond motifs is 1. The Bertz CT molecular complexity index is 745. The molecule has 0 aliphatic rings. The summed E-state index contributed by atoms with van der Waals surface area (Å²) in [5, 5.41) is 9.21. The van der Waals surface area contributed by atoms with Gasteiger partial charge in [-0.15, -0.1) is 0 Å². The van der Waals surface area contributed by atoms with Crippen molar-refractivity contribution in [3.05, 3.63) is 60.0 Å². The second-order valence-electron chi connectivity index (χ2n) is 5.02. The average molecular weight is 301 g/mol. The molecule has 0 saturated heterocycles. The largest absolute Gasteiger partial charge is 0.439 e. The topological polar surface area (TPSA) is 62.4 Å². The Morgan fingerprint density at radius 2 is 2.14 bits per heavy atom. The lowest BCUT2D eigenvalue weighted by Crippen LogP contribution is -2.26. The zero-order valence-electron chi connectivity index (χ0n) is 11.9. The third-order valence-electron chi connectivity index (χ3n) is 3.30. The van der Waals surface area contributed by atoms with Gasteiger partial charge in [-0.1, -0.05) is 6.07 Å². The van der Waals surface area contributed by atoms with Crippen molar-refractivity contribution >= 4 is 11.1 Å². The van der Waals surface area contributed by atoms with E-state index in [9.17, 15) is 9.50 Å². The number of halogens is 1. The van der Waals surface area contributed by atoms with Crippen LogP contribution in [0.3, 0.4) is 0 Å². The molecule has 114 valence electrons. The van der Waals surface area contributed by atoms with Crippen LogP contribution in [0.4, 0.5) is 4.39 Å². The van der Waals surface area contributed by atoms with Gasteiger partial charge in [0.25, 0.3) is 0 Å². The van der Waals surface area contributed by atoms with Gasteiger partial charge in [-0.2, -0.15) is 0 Å². The van der Waals surface area contributed by atoms with Gasteiger partial charge in [0.15, 0.2) is 5.58 Å². The van der Waals surface area contributed by atoms with Gasteiger partial charge in [0, 0.05) is 31.5 Å². The van der Waals surface area contributed by atoms with Crippen molar-refractivity contribution in [3.8, 4) is 0 Å². The summed E-state index contributed by atoms with van der Waals surface area (Å²) in [6.07, 6.45) is 3.50. The van der Waals surface area contributed by atoms with Gasteiger partial charge in [-0.05, 0) is 23.8 Å². The van der Waals surface area contributed by atoms with E-state index in [-0.39, 0.29) is 12.4 Å². The highest BCUT2D eigenvalue weighted by Gasteiger charge is 2.12. The molecule has 0 aliphatic carbocycles. The van der Waals surface area contributed by atoms with Crippen LogP contribution < -0.4 is 0 Å². The minimum Gasteiger partial charge on any atom is -0.439 e. The lowest BCUT2D eigenvalue weighted by molar-refractivity contribution is 0.173. The van der Waals surface area contributed by atoms with Crippen LogP contribution >= 0.6 is 0 Å². The maximum Gasteiger partial charge on any atom is 0.209 e. The molecular weight excluding hydrogens is 285 g/mol. The van der Waals surface area contributed by atoms with Crippen LogP contribution in [0, 0.1) is 5.82 Å². The number of nitrogens with zero attached hydrogens (tertiary/aromatic N) is 3. The molecule has 1 aromatic carbocycles. The molecular formula is C16H16FN3O2. The molecule has 0 aliphatic heterocycles. The number of hydrogen-bond acceptors (Lipinski definition) is 5. The highest BCUT2D eigenvalue weighted by atomic mass is 19.1. The van der Waals surface area contributed by atoms with E-state index >= 15 is 0 Å². The monoisotopic (exact) mass is 301 g/mol. The normalized spacial score (nSPS) is 11.4. The molecule has 0 unspecified atom stereocenters. The fourth-order valence-electron chi connectivity index (χ4n) is 2.31. The van der Waals surface area contributed by atoms with Gasteiger partial charge in [0.1, 0.15) is 11.3 Å². The first kappa shape index (κ1) is 14.6. The summed E-state index contributed by atoms with van der Waals surface area (Å²) in [6.45, 7) is 1.59. The van der Waals surface area contributed by atoms with Crippen LogP contribution in [-0.2, 0) is 13.1 Å². The summed E-state index contributed by atoms with van der Waals surface area (Å²) in [7, 11) is 0. The number of pyridine rings is 1. The molecule has 0 fully saturated rings. The fraction of sp³-hybridized carbons (Fsp3) is 0.250. The van der Waals surface area contributed by atoms with E-state index in [1.54, 1.807) is 18.5 Å². The molecule has 0 atom stereocenters. The Kier molecular flexibility index (Phi) is 4.41. The van der Waals surface area contributed by atoms with Gasteiger partial charge in [-0.3, -0.25) is 9.88 Å². The highest BCUT2D eigenvalue weighted by Crippen LogP contribution is 2.18. The Morgan fingerprint density at radius 1 is 1.23 bits per heavy atom. The molecule has 0 radical (unpaired) electrons. The molecule has 2 aromatic heterocycles. The van der Waals surface area contributed by atoms with Gasteiger partial charge >= 0.3 is 0 Å². The molecule has 0 saturated carbocycles. The number of benzene rings is 1. The third kappa shape index (κ3) is 3.47. The number of oxazole rings is 1. The highest BCUT2D eigenvalue weighted by molar-refractivity contribution is 5.72. The van der Waals surface area contributed by atoms with E-state index in [0.29, 0.717) is 36.6 Å². The van der Waals surface area contributed by atoms with Crippen molar-refractivity contribution in [2.75, 3.05) is 13.2 Å². The Hall–Kier alpha value is -2.31. The predicted octanol–water partition coefficient (Wildman–Crippen LogP) is 2.36. The summed E-state index contributed by atoms with van der Waals surface area (Å²) < 4.78 is 18.8. The van der Waals surface area contributed by atoms with Crippen LogP contribution in [0.25, 0.3) is 11.1 Å². The van der Waals surface area contributed by atoms with Crippen molar-refractivity contribution in [3.63, 3.8) is 0 Å². The SMILES string of the molecule is OCCN(Cc1cccnc1)Cc1nc2ccc(F)cc2o1. The third-order valence-corrected chi connectivity index (χ3v) is 3.30. The number of aliphatic hydroxyl groups excluding tert-OH is 1. The van der Waals surface area contributed by atoms with Crippen LogP contribution in [0.15, 0.2) is 47.1 Å². The minimum absolute atomic E-state index is 0.0368. The summed E-state index contributed by atoms with van der Waals surface area (Å²) in [4.78, 5) is 10.4. The number of hydrogen-bond donors (Lipinski definition) is 1. The molecule has 3 rings (SSSR count). The minimum atomic E-state index is -0.349. The van der Waals surface area contributed by atoms with Gasteiger partial charge in [0.2, 0.25) is 5.89 Å². The fourth-order valence-corrected chi connectivity index (χ4v) is 2.31. The Morgan fingerprint density at radius 3 is 2.91 bits per heavy atom. The Balaban J connectivity index is 1.76. The van der Waals surface area contributed by atoms with Crippen LogP contribution in [0.5, 0.6) is 0 Å². The summed E-state index contributed by atoms with van der Waals surface area (Å²) in [5.74, 6) is 0.149. The van der Waals surface area contributed by atoms with Crippen LogP contribution in [0.1, 0.15) is 11.5 Å². The molecule has 1 N–H and O–H groups in total.